The zero-order chi connectivity index (χ0) is 14.0. The van der Waals surface area contributed by atoms with Gasteiger partial charge in [0.25, 0.3) is 0 Å². The highest BCUT2D eigenvalue weighted by Crippen LogP contribution is 2.17. The third-order valence-corrected chi connectivity index (χ3v) is 3.93. The van der Waals surface area contributed by atoms with E-state index < -0.39 is 21.7 Å². The van der Waals surface area contributed by atoms with Crippen LogP contribution < -0.4 is 4.72 Å². The average molecular weight is 285 g/mol. The molecule has 0 unspecified atom stereocenters. The number of aryl methyl sites for hydroxylation is 1. The maximum atomic E-state index is 12.1. The molecule has 0 saturated heterocycles. The van der Waals surface area contributed by atoms with Crippen LogP contribution in [0.5, 0.6) is 0 Å². The van der Waals surface area contributed by atoms with Crippen molar-refractivity contribution in [2.45, 2.75) is 18.4 Å². The molecule has 0 aliphatic carbocycles. The van der Waals surface area contributed by atoms with E-state index in [-0.39, 0.29) is 17.1 Å². The number of hydrogen-bond acceptors (Lipinski definition) is 5. The lowest BCUT2D eigenvalue weighted by Gasteiger charge is -2.05. The van der Waals surface area contributed by atoms with E-state index in [0.717, 1.165) is 0 Å². The number of sulfonamides is 1. The summed E-state index contributed by atoms with van der Waals surface area (Å²) in [4.78, 5) is 10.6. The molecule has 10 heteroatoms. The lowest BCUT2D eigenvalue weighted by molar-refractivity contribution is 0.0686. The zero-order valence-corrected chi connectivity index (χ0v) is 10.7. The minimum absolute atomic E-state index is 0.0218. The van der Waals surface area contributed by atoms with Gasteiger partial charge in [-0.25, -0.2) is 17.9 Å². The fourth-order valence-electron chi connectivity index (χ4n) is 1.52. The Balaban J connectivity index is 2.29. The van der Waals surface area contributed by atoms with Gasteiger partial charge in [0.05, 0.1) is 17.9 Å². The van der Waals surface area contributed by atoms with E-state index in [1.165, 1.54) is 13.1 Å². The fraction of sp³-hybridized carbons (Fsp3) is 0.222. The van der Waals surface area contributed by atoms with Crippen molar-refractivity contribution in [3.63, 3.8) is 0 Å². The monoisotopic (exact) mass is 285 g/mol. The van der Waals surface area contributed by atoms with Crippen molar-refractivity contribution in [3.05, 3.63) is 29.3 Å². The number of H-pyrrole nitrogens is 2. The molecule has 4 N–H and O–H groups in total. The van der Waals surface area contributed by atoms with E-state index in [4.69, 9.17) is 5.11 Å². The SMILES string of the molecule is Cc1[nH]nc(C(=O)O)c1S(=O)(=O)NCc1ccn[nH]1. The van der Waals surface area contributed by atoms with Crippen molar-refractivity contribution in [2.75, 3.05) is 0 Å². The number of nitrogens with one attached hydrogen (secondary N) is 3. The van der Waals surface area contributed by atoms with Crippen molar-refractivity contribution in [3.8, 4) is 0 Å². The first kappa shape index (κ1) is 13.2. The number of aromatic nitrogens is 4. The van der Waals surface area contributed by atoms with Crippen molar-refractivity contribution in [1.29, 1.82) is 0 Å². The van der Waals surface area contributed by atoms with Gasteiger partial charge in [-0.2, -0.15) is 10.2 Å². The molecule has 0 aliphatic rings. The molecule has 0 aromatic carbocycles. The van der Waals surface area contributed by atoms with Gasteiger partial charge in [0.1, 0.15) is 4.90 Å². The van der Waals surface area contributed by atoms with Crippen molar-refractivity contribution in [1.82, 2.24) is 25.1 Å². The first-order chi connectivity index (χ1) is 8.92. The predicted octanol–water partition coefficient (Wildman–Crippen LogP) is -0.382. The molecule has 19 heavy (non-hydrogen) atoms. The number of rotatable bonds is 5. The van der Waals surface area contributed by atoms with E-state index in [1.54, 1.807) is 6.07 Å². The molecule has 0 fully saturated rings. The minimum atomic E-state index is -3.97. The molecule has 9 nitrogen and oxygen atoms in total. The van der Waals surface area contributed by atoms with Gasteiger partial charge in [-0.1, -0.05) is 0 Å². The maximum absolute atomic E-state index is 12.1. The Morgan fingerprint density at radius 3 is 2.79 bits per heavy atom. The maximum Gasteiger partial charge on any atom is 0.357 e. The van der Waals surface area contributed by atoms with E-state index in [1.807, 2.05) is 0 Å². The summed E-state index contributed by atoms with van der Waals surface area (Å²) < 4.78 is 26.4. The second-order valence-electron chi connectivity index (χ2n) is 3.74. The normalized spacial score (nSPS) is 11.6. The molecule has 0 saturated carbocycles. The predicted molar refractivity (Wildman–Crippen MR) is 62.9 cm³/mol. The van der Waals surface area contributed by atoms with Crippen LogP contribution >= 0.6 is 0 Å². The molecule has 0 bridgehead atoms. The molecular formula is C9H11N5O4S. The van der Waals surface area contributed by atoms with Crippen molar-refractivity contribution >= 4 is 16.0 Å². The van der Waals surface area contributed by atoms with Crippen LogP contribution in [0.25, 0.3) is 0 Å². The average Bonchev–Trinajstić information content (AvgIpc) is 2.95. The summed E-state index contributed by atoms with van der Waals surface area (Å²) in [7, 11) is -3.97. The highest BCUT2D eigenvalue weighted by Gasteiger charge is 2.27. The van der Waals surface area contributed by atoms with Gasteiger partial charge in [0, 0.05) is 6.20 Å². The highest BCUT2D eigenvalue weighted by atomic mass is 32.2. The van der Waals surface area contributed by atoms with Gasteiger partial charge in [0.2, 0.25) is 10.0 Å². The third kappa shape index (κ3) is 2.63. The lowest BCUT2D eigenvalue weighted by Crippen LogP contribution is -2.25. The molecule has 2 aromatic rings. The second kappa shape index (κ2) is 4.82. The zero-order valence-electron chi connectivity index (χ0n) is 9.84. The van der Waals surface area contributed by atoms with Crippen LogP contribution in [0.3, 0.4) is 0 Å². The quantitative estimate of drug-likeness (QED) is 0.590. The molecule has 0 atom stereocenters. The van der Waals surface area contributed by atoms with Gasteiger partial charge in [-0.05, 0) is 13.0 Å². The standard InChI is InChI=1S/C9H11N5O4S/c1-5-8(7(9(15)16)14-12-5)19(17,18)11-4-6-2-3-10-13-6/h2-3,11H,4H2,1H3,(H,10,13)(H,12,14)(H,15,16). The first-order valence-electron chi connectivity index (χ1n) is 5.18. The molecule has 0 aliphatic heterocycles. The van der Waals surface area contributed by atoms with Gasteiger partial charge in [0.15, 0.2) is 5.69 Å². The molecule has 2 aromatic heterocycles. The fourth-order valence-corrected chi connectivity index (χ4v) is 2.85. The second-order valence-corrected chi connectivity index (χ2v) is 5.44. The van der Waals surface area contributed by atoms with Gasteiger partial charge >= 0.3 is 5.97 Å². The van der Waals surface area contributed by atoms with Gasteiger partial charge < -0.3 is 5.11 Å². The van der Waals surface area contributed by atoms with E-state index in [2.05, 4.69) is 25.1 Å². The molecule has 0 spiro atoms. The van der Waals surface area contributed by atoms with Crippen LogP contribution in [0.1, 0.15) is 21.9 Å². The molecule has 102 valence electrons. The number of aromatic amines is 2. The Hall–Kier alpha value is -2.20. The summed E-state index contributed by atoms with van der Waals surface area (Å²) in [6, 6.07) is 1.60. The molecular weight excluding hydrogens is 274 g/mol. The summed E-state index contributed by atoms with van der Waals surface area (Å²) in [6.07, 6.45) is 1.48. The van der Waals surface area contributed by atoms with Gasteiger partial charge in [-0.15, -0.1) is 0 Å². The highest BCUT2D eigenvalue weighted by molar-refractivity contribution is 7.89. The van der Waals surface area contributed by atoms with Crippen molar-refractivity contribution in [2.24, 2.45) is 0 Å². The molecule has 0 radical (unpaired) electrons. The topological polar surface area (TPSA) is 141 Å². The first-order valence-corrected chi connectivity index (χ1v) is 6.66. The molecule has 2 heterocycles. The molecule has 2 rings (SSSR count). The number of nitrogens with zero attached hydrogens (tertiary/aromatic N) is 2. The third-order valence-electron chi connectivity index (χ3n) is 2.37. The lowest BCUT2D eigenvalue weighted by atomic mass is 10.4. The Kier molecular flexibility index (Phi) is 3.36. The Labute approximate surface area is 108 Å². The summed E-state index contributed by atoms with van der Waals surface area (Å²) in [5, 5.41) is 21.0. The number of hydrogen-bond donors (Lipinski definition) is 4. The Morgan fingerprint density at radius 2 is 2.21 bits per heavy atom. The summed E-state index contributed by atoms with van der Waals surface area (Å²) in [5.74, 6) is -1.41. The van der Waals surface area contributed by atoms with Crippen LogP contribution in [0.15, 0.2) is 17.2 Å². The van der Waals surface area contributed by atoms with Crippen LogP contribution in [-0.4, -0.2) is 39.9 Å². The Bertz CT molecular complexity index is 688. The smallest absolute Gasteiger partial charge is 0.357 e. The van der Waals surface area contributed by atoms with Crippen LogP contribution in [-0.2, 0) is 16.6 Å². The molecule has 0 amide bonds. The number of aromatic carboxylic acids is 1. The summed E-state index contributed by atoms with van der Waals surface area (Å²) >= 11 is 0. The van der Waals surface area contributed by atoms with Crippen LogP contribution in [0.2, 0.25) is 0 Å². The van der Waals surface area contributed by atoms with Crippen LogP contribution in [0.4, 0.5) is 0 Å². The van der Waals surface area contributed by atoms with Crippen LogP contribution in [0, 0.1) is 6.92 Å². The number of carboxylic acid groups (broad SMARTS) is 1. The largest absolute Gasteiger partial charge is 0.476 e. The van der Waals surface area contributed by atoms with E-state index in [9.17, 15) is 13.2 Å². The van der Waals surface area contributed by atoms with Crippen molar-refractivity contribution < 1.29 is 18.3 Å². The van der Waals surface area contributed by atoms with E-state index in [0.29, 0.717) is 5.69 Å². The number of carbonyl (C=O) groups is 1. The number of carboxylic acids is 1. The summed E-state index contributed by atoms with van der Waals surface area (Å²) in [5.41, 5.74) is 0.186. The van der Waals surface area contributed by atoms with E-state index >= 15 is 0 Å². The minimum Gasteiger partial charge on any atom is -0.476 e. The summed E-state index contributed by atoms with van der Waals surface area (Å²) in [6.45, 7) is 1.41. The van der Waals surface area contributed by atoms with Gasteiger partial charge in [-0.3, -0.25) is 10.2 Å². The Morgan fingerprint density at radius 1 is 1.47 bits per heavy atom.